The van der Waals surface area contributed by atoms with Crippen molar-refractivity contribution in [3.8, 4) is 5.69 Å². The van der Waals surface area contributed by atoms with Crippen LogP contribution in [0.1, 0.15) is 11.3 Å². The fourth-order valence-corrected chi connectivity index (χ4v) is 2.87. The number of aryl methyl sites for hydroxylation is 2. The zero-order valence-corrected chi connectivity index (χ0v) is 13.1. The first-order valence-electron chi connectivity index (χ1n) is 6.75. The highest BCUT2D eigenvalue weighted by atomic mass is 32.2. The Hall–Kier alpha value is -2.41. The van der Waals surface area contributed by atoms with Crippen LogP contribution in [-0.2, 0) is 4.79 Å². The average molecular weight is 313 g/mol. The number of benzene rings is 1. The Bertz CT molecular complexity index is 841. The smallest absolute Gasteiger partial charge is 0.227 e. The minimum Gasteiger partial charge on any atom is -0.369 e. The Morgan fingerprint density at radius 1 is 1.23 bits per heavy atom. The van der Waals surface area contributed by atoms with Gasteiger partial charge >= 0.3 is 0 Å². The highest BCUT2D eigenvalue weighted by Crippen LogP contribution is 2.28. The Kier molecular flexibility index (Phi) is 3.81. The number of hydrogen-bond donors (Lipinski definition) is 1. The van der Waals surface area contributed by atoms with Gasteiger partial charge in [-0.1, -0.05) is 29.5 Å². The van der Waals surface area contributed by atoms with Crippen molar-refractivity contribution < 1.29 is 4.79 Å². The van der Waals surface area contributed by atoms with Gasteiger partial charge in [0.05, 0.1) is 23.3 Å². The minimum atomic E-state index is -0.387. The van der Waals surface area contributed by atoms with Crippen LogP contribution in [-0.4, -0.2) is 31.6 Å². The van der Waals surface area contributed by atoms with Crippen LogP contribution in [0.2, 0.25) is 0 Å². The lowest BCUT2D eigenvalue weighted by atomic mass is 10.2. The standard InChI is InChI=1S/C15H15N5OS/c1-9-3-5-11(6-4-9)20-14-12(7-17-20)10(2)18-19-15(14)22-8-13(16)21/h3-7H,8H2,1-2H3,(H2,16,21). The number of nitrogens with two attached hydrogens (primary N) is 1. The number of thioether (sulfide) groups is 1. The maximum atomic E-state index is 11.0. The first-order chi connectivity index (χ1) is 10.6. The summed E-state index contributed by atoms with van der Waals surface area (Å²) in [6.07, 6.45) is 1.77. The number of carbonyl (C=O) groups is 1. The predicted octanol–water partition coefficient (Wildman–Crippen LogP) is 2.01. The van der Waals surface area contributed by atoms with Crippen molar-refractivity contribution in [1.82, 2.24) is 20.0 Å². The van der Waals surface area contributed by atoms with Crippen LogP contribution in [0.15, 0.2) is 35.5 Å². The summed E-state index contributed by atoms with van der Waals surface area (Å²) in [5.41, 5.74) is 9.00. The number of aromatic nitrogens is 4. The number of hydrogen-bond acceptors (Lipinski definition) is 5. The van der Waals surface area contributed by atoms with Crippen LogP contribution >= 0.6 is 11.8 Å². The van der Waals surface area contributed by atoms with Crippen LogP contribution in [0.5, 0.6) is 0 Å². The van der Waals surface area contributed by atoms with E-state index in [1.165, 1.54) is 17.3 Å². The first kappa shape index (κ1) is 14.5. The molecular formula is C15H15N5OS. The monoisotopic (exact) mass is 313 g/mol. The number of primary amides is 1. The van der Waals surface area contributed by atoms with Crippen LogP contribution in [0.3, 0.4) is 0 Å². The molecule has 0 unspecified atom stereocenters. The molecule has 0 radical (unpaired) electrons. The van der Waals surface area contributed by atoms with E-state index in [4.69, 9.17) is 5.73 Å². The second kappa shape index (κ2) is 5.76. The fourth-order valence-electron chi connectivity index (χ4n) is 2.16. The molecule has 0 saturated heterocycles. The van der Waals surface area contributed by atoms with Gasteiger partial charge in [-0.05, 0) is 26.0 Å². The van der Waals surface area contributed by atoms with Crippen molar-refractivity contribution in [2.45, 2.75) is 18.9 Å². The molecule has 1 aromatic carbocycles. The van der Waals surface area contributed by atoms with Crippen LogP contribution < -0.4 is 5.73 Å². The number of rotatable bonds is 4. The summed E-state index contributed by atoms with van der Waals surface area (Å²) in [6.45, 7) is 3.92. The molecule has 0 saturated carbocycles. The van der Waals surface area contributed by atoms with Crippen molar-refractivity contribution >= 4 is 28.6 Å². The van der Waals surface area contributed by atoms with Gasteiger partial charge in [-0.25, -0.2) is 4.68 Å². The van der Waals surface area contributed by atoms with Gasteiger partial charge in [-0.2, -0.15) is 10.2 Å². The molecule has 3 rings (SSSR count). The molecule has 0 aliphatic heterocycles. The third-order valence-corrected chi connectivity index (χ3v) is 4.26. The van der Waals surface area contributed by atoms with Crippen molar-refractivity contribution in [2.75, 3.05) is 5.75 Å². The average Bonchev–Trinajstić information content (AvgIpc) is 2.93. The molecule has 0 atom stereocenters. The number of carbonyl (C=O) groups excluding carboxylic acids is 1. The second-order valence-corrected chi connectivity index (χ2v) is 5.96. The summed E-state index contributed by atoms with van der Waals surface area (Å²) in [5.74, 6) is -0.228. The van der Waals surface area contributed by atoms with Gasteiger partial charge in [0.1, 0.15) is 10.5 Å². The third-order valence-electron chi connectivity index (χ3n) is 3.28. The first-order valence-corrected chi connectivity index (χ1v) is 7.74. The fraction of sp³-hybridized carbons (Fsp3) is 0.200. The van der Waals surface area contributed by atoms with Crippen LogP contribution in [0, 0.1) is 13.8 Å². The SMILES string of the molecule is Cc1ccc(-n2ncc3c(C)nnc(SCC(N)=O)c32)cc1. The van der Waals surface area contributed by atoms with E-state index in [-0.39, 0.29) is 11.7 Å². The maximum Gasteiger partial charge on any atom is 0.227 e. The lowest BCUT2D eigenvalue weighted by molar-refractivity contribution is -0.115. The quantitative estimate of drug-likeness (QED) is 0.745. The molecule has 2 heterocycles. The summed E-state index contributed by atoms with van der Waals surface area (Å²) in [5, 5.41) is 14.3. The molecule has 1 amide bonds. The molecule has 22 heavy (non-hydrogen) atoms. The Morgan fingerprint density at radius 3 is 2.64 bits per heavy atom. The predicted molar refractivity (Wildman–Crippen MR) is 86.1 cm³/mol. The zero-order valence-electron chi connectivity index (χ0n) is 12.3. The van der Waals surface area contributed by atoms with Gasteiger partial charge in [0.25, 0.3) is 0 Å². The Labute approximate surface area is 131 Å². The maximum absolute atomic E-state index is 11.0. The summed E-state index contributed by atoms with van der Waals surface area (Å²) in [7, 11) is 0. The van der Waals surface area contributed by atoms with E-state index in [1.807, 2.05) is 42.8 Å². The Morgan fingerprint density at radius 2 is 1.95 bits per heavy atom. The highest BCUT2D eigenvalue weighted by Gasteiger charge is 2.15. The lowest BCUT2D eigenvalue weighted by Gasteiger charge is -2.07. The highest BCUT2D eigenvalue weighted by molar-refractivity contribution is 8.00. The molecule has 3 aromatic rings. The molecule has 0 aliphatic carbocycles. The van der Waals surface area contributed by atoms with E-state index in [1.54, 1.807) is 6.20 Å². The third kappa shape index (κ3) is 2.67. The minimum absolute atomic E-state index is 0.159. The zero-order chi connectivity index (χ0) is 15.7. The number of nitrogens with zero attached hydrogens (tertiary/aromatic N) is 4. The van der Waals surface area contributed by atoms with Crippen LogP contribution in [0.4, 0.5) is 0 Å². The van der Waals surface area contributed by atoms with E-state index < -0.39 is 0 Å². The van der Waals surface area contributed by atoms with Crippen molar-refractivity contribution in [3.63, 3.8) is 0 Å². The van der Waals surface area contributed by atoms with Crippen molar-refractivity contribution in [2.24, 2.45) is 5.73 Å². The van der Waals surface area contributed by atoms with Gasteiger partial charge in [0.2, 0.25) is 5.91 Å². The molecule has 6 nitrogen and oxygen atoms in total. The van der Waals surface area contributed by atoms with Crippen molar-refractivity contribution in [3.05, 3.63) is 41.7 Å². The van der Waals surface area contributed by atoms with E-state index in [2.05, 4.69) is 15.3 Å². The van der Waals surface area contributed by atoms with E-state index >= 15 is 0 Å². The van der Waals surface area contributed by atoms with E-state index in [9.17, 15) is 4.79 Å². The van der Waals surface area contributed by atoms with Gasteiger partial charge < -0.3 is 5.73 Å². The molecule has 2 aromatic heterocycles. The summed E-state index contributed by atoms with van der Waals surface area (Å²) >= 11 is 1.27. The van der Waals surface area contributed by atoms with Gasteiger partial charge in [-0.15, -0.1) is 5.10 Å². The molecule has 112 valence electrons. The number of amides is 1. The lowest BCUT2D eigenvalue weighted by Crippen LogP contribution is -2.13. The van der Waals surface area contributed by atoms with Gasteiger partial charge in [-0.3, -0.25) is 4.79 Å². The molecule has 2 N–H and O–H groups in total. The molecule has 0 aliphatic rings. The molecule has 0 fully saturated rings. The van der Waals surface area contributed by atoms with Crippen molar-refractivity contribution in [1.29, 1.82) is 0 Å². The number of fused-ring (bicyclic) bond motifs is 1. The van der Waals surface area contributed by atoms with E-state index in [0.29, 0.717) is 5.03 Å². The molecule has 0 bridgehead atoms. The van der Waals surface area contributed by atoms with Gasteiger partial charge in [0.15, 0.2) is 0 Å². The second-order valence-electron chi connectivity index (χ2n) is 5.00. The van der Waals surface area contributed by atoms with E-state index in [0.717, 1.165) is 22.3 Å². The normalized spacial score (nSPS) is 11.0. The molecule has 0 spiro atoms. The largest absolute Gasteiger partial charge is 0.369 e. The Balaban J connectivity index is 2.16. The molecular weight excluding hydrogens is 298 g/mol. The summed E-state index contributed by atoms with van der Waals surface area (Å²) < 4.78 is 1.82. The summed E-state index contributed by atoms with van der Waals surface area (Å²) in [4.78, 5) is 11.0. The topological polar surface area (TPSA) is 86.7 Å². The molecule has 7 heteroatoms. The van der Waals surface area contributed by atoms with Gasteiger partial charge in [0, 0.05) is 5.39 Å². The van der Waals surface area contributed by atoms with Crippen LogP contribution in [0.25, 0.3) is 16.6 Å². The summed E-state index contributed by atoms with van der Waals surface area (Å²) in [6, 6.07) is 8.06.